The zero-order chi connectivity index (χ0) is 42.8. The van der Waals surface area contributed by atoms with E-state index in [0.29, 0.717) is 16.6 Å². The topological polar surface area (TPSA) is 154 Å². The Morgan fingerprint density at radius 1 is 1.00 bits per heavy atom. The van der Waals surface area contributed by atoms with E-state index in [1.807, 2.05) is 5.32 Å². The van der Waals surface area contributed by atoms with Gasteiger partial charge in [0.1, 0.15) is 6.04 Å². The molecule has 0 saturated carbocycles. The second-order valence-corrected chi connectivity index (χ2v) is 14.1. The number of methoxy groups -OCH3 is 1. The molecule has 0 unspecified atom stereocenters. The molecule has 0 aliphatic heterocycles. The molecule has 0 aliphatic rings. The average Bonchev–Trinajstić information content (AvgIpc) is 3.84. The van der Waals surface area contributed by atoms with Crippen molar-refractivity contribution in [2.45, 2.75) is 54.8 Å². The number of ether oxygens (including phenoxy) is 1. The minimum atomic E-state index is -5.41. The molecule has 0 spiro atoms. The van der Waals surface area contributed by atoms with Crippen molar-refractivity contribution in [2.75, 3.05) is 13.7 Å². The van der Waals surface area contributed by atoms with E-state index in [-0.39, 0.29) is 21.0 Å². The van der Waals surface area contributed by atoms with Gasteiger partial charge in [0.05, 0.1) is 36.4 Å². The summed E-state index contributed by atoms with van der Waals surface area (Å²) in [6.07, 6.45) is -5.19. The lowest BCUT2D eigenvalue weighted by molar-refractivity contribution is -0.163. The molecule has 5 rings (SSSR count). The third kappa shape index (κ3) is 8.25. The minimum Gasteiger partial charge on any atom is -0.453 e. The van der Waals surface area contributed by atoms with Crippen LogP contribution in [0.4, 0.5) is 18.0 Å². The van der Waals surface area contributed by atoms with Crippen LogP contribution in [-0.2, 0) is 19.6 Å². The summed E-state index contributed by atoms with van der Waals surface area (Å²) in [5.74, 6) is -2.38. The molecule has 5 aromatic rings. The molecule has 270 valence electrons. The van der Waals surface area contributed by atoms with Crippen LogP contribution in [0.2, 0.25) is 0 Å². The smallest absolute Gasteiger partial charge is 0.413 e. The number of aliphatic hydroxyl groups is 1. The van der Waals surface area contributed by atoms with E-state index in [9.17, 15) is 23.1 Å². The number of carbonyl (C=O) groups is 2. The standard InChI is InChI=1S/C35H36F3N5O6S2/c1-21(2)43(51(47,48)25-14-15-26-24(18-25)19-39-42-26)27(20-44)28-16-17-29(50-28)32(35(36,37)38)41-33(45)31(40-34(46)49-3)30(22-10-6-4-7-11-22)23-12-8-5-9-13-23/h4-19,21,27,30-32,44H,20H2,1-3H3,(H,39,42)(H,40,46)(H,41,45)/t27-,31+,32-/m1/s1/i1D3,2D3,21D. The average molecular weight is 751 g/mol. The van der Waals surface area contributed by atoms with E-state index in [4.69, 9.17) is 14.3 Å². The van der Waals surface area contributed by atoms with E-state index in [2.05, 4.69) is 15.5 Å². The van der Waals surface area contributed by atoms with Gasteiger partial charge >= 0.3 is 12.3 Å². The highest BCUT2D eigenvalue weighted by Crippen LogP contribution is 2.41. The fraction of sp³-hybridized carbons (Fsp3) is 0.286. The summed E-state index contributed by atoms with van der Waals surface area (Å²) in [6, 6.07) is 10.4. The number of nitrogens with one attached hydrogen (secondary N) is 3. The van der Waals surface area contributed by atoms with Gasteiger partial charge in [-0.1, -0.05) is 60.7 Å². The number of hydrogen-bond donors (Lipinski definition) is 4. The number of thiophene rings is 1. The molecule has 4 N–H and O–H groups in total. The van der Waals surface area contributed by atoms with Gasteiger partial charge in [-0.05, 0) is 55.2 Å². The van der Waals surface area contributed by atoms with Gasteiger partial charge < -0.3 is 20.5 Å². The molecule has 11 nitrogen and oxygen atoms in total. The first-order chi connectivity index (χ1) is 27.1. The zero-order valence-corrected chi connectivity index (χ0v) is 28.2. The van der Waals surface area contributed by atoms with E-state index < -0.39 is 93.2 Å². The number of amides is 2. The minimum absolute atomic E-state index is 0.176. The van der Waals surface area contributed by atoms with E-state index in [1.165, 1.54) is 12.3 Å². The number of aromatic amines is 1. The predicted molar refractivity (Wildman–Crippen MR) is 185 cm³/mol. The Bertz CT molecular complexity index is 2280. The second kappa shape index (κ2) is 15.6. The lowest BCUT2D eigenvalue weighted by Crippen LogP contribution is -2.52. The van der Waals surface area contributed by atoms with E-state index in [0.717, 1.165) is 31.4 Å². The molecule has 2 aromatic heterocycles. The third-order valence-electron chi connectivity index (χ3n) is 7.91. The van der Waals surface area contributed by atoms with Crippen molar-refractivity contribution < 1.29 is 50.6 Å². The Labute approximate surface area is 306 Å². The normalized spacial score (nSPS) is 16.8. The van der Waals surface area contributed by atoms with Crippen molar-refractivity contribution in [1.29, 1.82) is 0 Å². The number of fused-ring (bicyclic) bond motifs is 1. The first-order valence-corrected chi connectivity index (χ1v) is 17.3. The maximum absolute atomic E-state index is 15.0. The summed E-state index contributed by atoms with van der Waals surface area (Å²) in [7, 11) is -4.42. The van der Waals surface area contributed by atoms with Gasteiger partial charge in [-0.15, -0.1) is 11.3 Å². The van der Waals surface area contributed by atoms with Crippen LogP contribution in [0.1, 0.15) is 62.2 Å². The molecule has 0 bridgehead atoms. The summed E-state index contributed by atoms with van der Waals surface area (Å²) in [6.45, 7) is -9.27. The summed E-state index contributed by atoms with van der Waals surface area (Å²) in [4.78, 5) is 24.7. The Kier molecular flexibility index (Phi) is 8.85. The molecule has 16 heteroatoms. The quantitative estimate of drug-likeness (QED) is 0.115. The Morgan fingerprint density at radius 2 is 1.63 bits per heavy atom. The highest BCUT2D eigenvalue weighted by Gasteiger charge is 2.46. The highest BCUT2D eigenvalue weighted by molar-refractivity contribution is 7.89. The number of nitrogens with zero attached hydrogens (tertiary/aromatic N) is 2. The number of sulfonamides is 1. The maximum Gasteiger partial charge on any atom is 0.413 e. The fourth-order valence-electron chi connectivity index (χ4n) is 5.55. The number of hydrogen-bond acceptors (Lipinski definition) is 8. The number of aromatic nitrogens is 2. The van der Waals surface area contributed by atoms with Gasteiger partial charge in [0, 0.05) is 36.7 Å². The van der Waals surface area contributed by atoms with Gasteiger partial charge in [-0.3, -0.25) is 9.89 Å². The first-order valence-electron chi connectivity index (χ1n) is 18.6. The van der Waals surface area contributed by atoms with Gasteiger partial charge in [0.25, 0.3) is 0 Å². The Hall–Kier alpha value is -4.77. The maximum atomic E-state index is 15.0. The fourth-order valence-corrected chi connectivity index (χ4v) is 8.29. The van der Waals surface area contributed by atoms with Crippen LogP contribution < -0.4 is 10.6 Å². The lowest BCUT2D eigenvalue weighted by atomic mass is 9.84. The molecule has 0 radical (unpaired) electrons. The number of rotatable bonds is 13. The third-order valence-corrected chi connectivity index (χ3v) is 11.0. The molecular weight excluding hydrogens is 708 g/mol. The van der Waals surface area contributed by atoms with Crippen LogP contribution in [-0.4, -0.2) is 72.0 Å². The molecule has 0 aliphatic carbocycles. The molecule has 51 heavy (non-hydrogen) atoms. The van der Waals surface area contributed by atoms with Crippen molar-refractivity contribution in [3.63, 3.8) is 0 Å². The van der Waals surface area contributed by atoms with Crippen molar-refractivity contribution in [2.24, 2.45) is 0 Å². The van der Waals surface area contributed by atoms with Gasteiger partial charge in [0.2, 0.25) is 15.9 Å². The number of halogens is 3. The van der Waals surface area contributed by atoms with Crippen molar-refractivity contribution >= 4 is 44.3 Å². The van der Waals surface area contributed by atoms with Crippen LogP contribution in [0.5, 0.6) is 0 Å². The number of alkyl carbamates (subject to hydrolysis) is 1. The second-order valence-electron chi connectivity index (χ2n) is 11.1. The van der Waals surface area contributed by atoms with Crippen molar-refractivity contribution in [3.05, 3.63) is 118 Å². The number of benzene rings is 3. The van der Waals surface area contributed by atoms with Gasteiger partial charge in [0.15, 0.2) is 6.04 Å². The number of aliphatic hydroxyl groups excluding tert-OH is 1. The van der Waals surface area contributed by atoms with Crippen molar-refractivity contribution in [1.82, 2.24) is 25.1 Å². The van der Waals surface area contributed by atoms with Crippen LogP contribution in [0, 0.1) is 0 Å². The summed E-state index contributed by atoms with van der Waals surface area (Å²) >= 11 is 0.176. The van der Waals surface area contributed by atoms with Crippen LogP contribution in [0.15, 0.2) is 102 Å². The molecule has 3 aromatic carbocycles. The molecule has 2 amide bonds. The molecule has 0 fully saturated rings. The van der Waals surface area contributed by atoms with Crippen LogP contribution in [0.25, 0.3) is 10.9 Å². The lowest BCUT2D eigenvalue weighted by Gasteiger charge is -2.32. The van der Waals surface area contributed by atoms with E-state index in [1.54, 1.807) is 60.7 Å². The van der Waals surface area contributed by atoms with Crippen molar-refractivity contribution in [3.8, 4) is 0 Å². The Balaban J connectivity index is 1.62. The molecule has 2 heterocycles. The number of H-pyrrole nitrogens is 1. The summed E-state index contributed by atoms with van der Waals surface area (Å²) in [5, 5.41) is 21.5. The number of carbonyl (C=O) groups excluding carboxylic acids is 2. The van der Waals surface area contributed by atoms with Gasteiger partial charge in [-0.2, -0.15) is 22.6 Å². The molecular formula is C35H36F3N5O6S2. The number of alkyl halides is 3. The van der Waals surface area contributed by atoms with Crippen LogP contribution >= 0.6 is 11.3 Å². The predicted octanol–water partition coefficient (Wildman–Crippen LogP) is 6.03. The molecule has 0 saturated heterocycles. The zero-order valence-electron chi connectivity index (χ0n) is 33.6. The largest absolute Gasteiger partial charge is 0.453 e. The SMILES string of the molecule is [2H]C([2H])([2H])C([2H])(N([C@H](CO)c1ccc([C@@H](NC(=O)[C@@H](NC(=O)OC)C(c2ccccc2)c2ccccc2)C(F)(F)F)s1)S(=O)(=O)c1ccc2[nH]ncc2c1)C([2H])([2H])[2H]. The van der Waals surface area contributed by atoms with Crippen LogP contribution in [0.3, 0.4) is 0 Å². The molecule has 3 atom stereocenters. The Morgan fingerprint density at radius 3 is 2.20 bits per heavy atom. The monoisotopic (exact) mass is 750 g/mol. The first kappa shape index (κ1) is 28.9. The summed E-state index contributed by atoms with van der Waals surface area (Å²) < 4.78 is 136. The summed E-state index contributed by atoms with van der Waals surface area (Å²) in [5.41, 5.74) is 1.21. The highest BCUT2D eigenvalue weighted by atomic mass is 32.2. The van der Waals surface area contributed by atoms with Gasteiger partial charge in [-0.25, -0.2) is 13.2 Å². The van der Waals surface area contributed by atoms with E-state index >= 15 is 13.2 Å².